The van der Waals surface area contributed by atoms with E-state index < -0.39 is 0 Å². The summed E-state index contributed by atoms with van der Waals surface area (Å²) < 4.78 is 13.9. The Bertz CT molecular complexity index is 618. The topological polar surface area (TPSA) is 56.6 Å². The third-order valence-electron chi connectivity index (χ3n) is 6.20. The van der Waals surface area contributed by atoms with E-state index >= 15 is 0 Å². The molecule has 1 aromatic rings. The molecular weight excluding hydrogens is 330 g/mol. The van der Waals surface area contributed by atoms with E-state index in [1.165, 1.54) is 12.8 Å². The van der Waals surface area contributed by atoms with Crippen LogP contribution >= 0.6 is 0 Å². The maximum absolute atomic E-state index is 12.6. The number of aryl methyl sites for hydroxylation is 1. The van der Waals surface area contributed by atoms with Crippen molar-refractivity contribution in [3.63, 3.8) is 0 Å². The summed E-state index contributed by atoms with van der Waals surface area (Å²) in [6.07, 6.45) is 11.5. The number of piperidine rings is 1. The second kappa shape index (κ2) is 7.69. The minimum absolute atomic E-state index is 0.0275. The van der Waals surface area contributed by atoms with Crippen LogP contribution in [0.25, 0.3) is 0 Å². The van der Waals surface area contributed by atoms with Crippen LogP contribution in [-0.4, -0.2) is 58.9 Å². The molecule has 2 saturated heterocycles. The molecule has 0 bridgehead atoms. The molecule has 6 nitrogen and oxygen atoms in total. The van der Waals surface area contributed by atoms with Crippen molar-refractivity contribution < 1.29 is 14.3 Å². The van der Waals surface area contributed by atoms with Crippen LogP contribution in [0.1, 0.15) is 55.4 Å². The monoisotopic (exact) mass is 361 g/mol. The number of carbonyl (C=O) groups is 1. The van der Waals surface area contributed by atoms with Gasteiger partial charge in [-0.25, -0.2) is 4.98 Å². The highest BCUT2D eigenvalue weighted by atomic mass is 16.5. The summed E-state index contributed by atoms with van der Waals surface area (Å²) in [5.41, 5.74) is 0.513. The maximum atomic E-state index is 12.6. The van der Waals surface area contributed by atoms with E-state index in [1.54, 1.807) is 12.5 Å². The zero-order valence-electron chi connectivity index (χ0n) is 15.9. The highest BCUT2D eigenvalue weighted by Gasteiger charge is 2.41. The highest BCUT2D eigenvalue weighted by molar-refractivity contribution is 5.92. The molecule has 4 rings (SSSR count). The largest absolute Gasteiger partial charge is 0.381 e. The molecule has 144 valence electrons. The van der Waals surface area contributed by atoms with E-state index in [1.807, 2.05) is 16.5 Å². The number of hydrogen-bond donors (Lipinski definition) is 0. The zero-order valence-corrected chi connectivity index (χ0v) is 15.9. The molecule has 6 heteroatoms. The summed E-state index contributed by atoms with van der Waals surface area (Å²) in [4.78, 5) is 18.7. The van der Waals surface area contributed by atoms with Crippen molar-refractivity contribution in [2.45, 2.75) is 50.5 Å². The molecule has 0 radical (unpaired) electrons. The van der Waals surface area contributed by atoms with Crippen LogP contribution in [0, 0.1) is 11.8 Å². The van der Waals surface area contributed by atoms with Gasteiger partial charge in [0.2, 0.25) is 0 Å². The van der Waals surface area contributed by atoms with Crippen molar-refractivity contribution in [2.75, 3.05) is 32.9 Å². The van der Waals surface area contributed by atoms with Gasteiger partial charge < -0.3 is 18.9 Å². The van der Waals surface area contributed by atoms with Crippen LogP contribution in [0.3, 0.4) is 0 Å². The first-order valence-electron chi connectivity index (χ1n) is 10.1. The number of rotatable bonds is 6. The molecule has 26 heavy (non-hydrogen) atoms. The van der Waals surface area contributed by atoms with Gasteiger partial charge in [0.15, 0.2) is 0 Å². The smallest absolute Gasteiger partial charge is 0.274 e. The Balaban J connectivity index is 1.24. The second-order valence-corrected chi connectivity index (χ2v) is 8.41. The van der Waals surface area contributed by atoms with Crippen molar-refractivity contribution >= 4 is 5.91 Å². The third kappa shape index (κ3) is 4.29. The summed E-state index contributed by atoms with van der Waals surface area (Å²) in [6, 6.07) is 0. The average Bonchev–Trinajstić information content (AvgIpc) is 3.38. The number of imidazole rings is 1. The predicted octanol–water partition coefficient (Wildman–Crippen LogP) is 2.64. The number of carbonyl (C=O) groups excluding carboxylic acids is 1. The molecule has 1 aliphatic carbocycles. The van der Waals surface area contributed by atoms with Crippen molar-refractivity contribution in [3.05, 3.63) is 18.2 Å². The van der Waals surface area contributed by atoms with Crippen LogP contribution in [0.15, 0.2) is 12.5 Å². The molecule has 1 unspecified atom stereocenters. The number of nitrogens with zero attached hydrogens (tertiary/aromatic N) is 3. The molecule has 3 aliphatic rings. The van der Waals surface area contributed by atoms with Gasteiger partial charge in [-0.15, -0.1) is 0 Å². The van der Waals surface area contributed by atoms with Crippen molar-refractivity contribution in [3.8, 4) is 0 Å². The van der Waals surface area contributed by atoms with Gasteiger partial charge in [-0.05, 0) is 56.8 Å². The fourth-order valence-electron chi connectivity index (χ4n) is 4.31. The molecule has 1 aromatic heterocycles. The Hall–Kier alpha value is -1.40. The lowest BCUT2D eigenvalue weighted by atomic mass is 9.78. The first-order valence-corrected chi connectivity index (χ1v) is 10.1. The van der Waals surface area contributed by atoms with Crippen LogP contribution in [0.5, 0.6) is 0 Å². The quantitative estimate of drug-likeness (QED) is 0.731. The van der Waals surface area contributed by atoms with Gasteiger partial charge in [0.1, 0.15) is 5.69 Å². The fraction of sp³-hybridized carbons (Fsp3) is 0.800. The Morgan fingerprint density at radius 3 is 2.81 bits per heavy atom. The van der Waals surface area contributed by atoms with Crippen molar-refractivity contribution in [1.82, 2.24) is 14.5 Å². The Labute approximate surface area is 155 Å². The molecule has 3 fully saturated rings. The van der Waals surface area contributed by atoms with Crippen LogP contribution in [-0.2, 0) is 16.5 Å². The molecule has 1 spiro atoms. The highest BCUT2D eigenvalue weighted by Crippen LogP contribution is 2.39. The number of aromatic nitrogens is 2. The maximum Gasteiger partial charge on any atom is 0.274 e. The van der Waals surface area contributed by atoms with Crippen molar-refractivity contribution in [1.29, 1.82) is 0 Å². The summed E-state index contributed by atoms with van der Waals surface area (Å²) >= 11 is 0. The van der Waals surface area contributed by atoms with Crippen molar-refractivity contribution in [2.24, 2.45) is 18.9 Å². The lowest BCUT2D eigenvalue weighted by Gasteiger charge is -2.46. The minimum Gasteiger partial charge on any atom is -0.381 e. The molecule has 0 aromatic carbocycles. The lowest BCUT2D eigenvalue weighted by molar-refractivity contribution is -0.126. The molecule has 2 aliphatic heterocycles. The van der Waals surface area contributed by atoms with Crippen LogP contribution < -0.4 is 0 Å². The number of likely N-dealkylation sites (tertiary alicyclic amines) is 1. The van der Waals surface area contributed by atoms with E-state index in [9.17, 15) is 4.79 Å². The summed E-state index contributed by atoms with van der Waals surface area (Å²) in [6.45, 7) is 4.22. The van der Waals surface area contributed by atoms with Gasteiger partial charge in [-0.3, -0.25) is 4.79 Å². The summed E-state index contributed by atoms with van der Waals surface area (Å²) in [5.74, 6) is 1.58. The van der Waals surface area contributed by atoms with E-state index in [0.717, 1.165) is 70.9 Å². The molecule has 1 saturated carbocycles. The second-order valence-electron chi connectivity index (χ2n) is 8.41. The summed E-state index contributed by atoms with van der Waals surface area (Å²) in [7, 11) is 1.89. The first-order chi connectivity index (χ1) is 12.6. The average molecular weight is 361 g/mol. The van der Waals surface area contributed by atoms with E-state index in [0.29, 0.717) is 11.6 Å². The normalized spacial score (nSPS) is 25.6. The van der Waals surface area contributed by atoms with Gasteiger partial charge >= 0.3 is 0 Å². The fourth-order valence-corrected chi connectivity index (χ4v) is 4.31. The van der Waals surface area contributed by atoms with E-state index in [-0.39, 0.29) is 11.5 Å². The Morgan fingerprint density at radius 1 is 1.31 bits per heavy atom. The number of ether oxygens (including phenoxy) is 2. The SMILES string of the molecule is Cn1cnc(C(=O)N2CCC3(CC2)CC(CCOCC2CC2)CCO3)c1. The van der Waals surface area contributed by atoms with Crippen LogP contribution in [0.2, 0.25) is 0 Å². The van der Waals surface area contributed by atoms with Crippen LogP contribution in [0.4, 0.5) is 0 Å². The number of amides is 1. The van der Waals surface area contributed by atoms with Gasteiger partial charge in [0.05, 0.1) is 11.9 Å². The Morgan fingerprint density at radius 2 is 2.12 bits per heavy atom. The first kappa shape index (κ1) is 18.0. The van der Waals surface area contributed by atoms with E-state index in [2.05, 4.69) is 4.98 Å². The third-order valence-corrected chi connectivity index (χ3v) is 6.20. The van der Waals surface area contributed by atoms with Gasteiger partial charge in [-0.2, -0.15) is 0 Å². The molecular formula is C20H31N3O3. The van der Waals surface area contributed by atoms with Gasteiger partial charge in [0.25, 0.3) is 5.91 Å². The minimum atomic E-state index is -0.0275. The lowest BCUT2D eigenvalue weighted by Crippen LogP contribution is -2.51. The van der Waals surface area contributed by atoms with E-state index in [4.69, 9.17) is 9.47 Å². The summed E-state index contributed by atoms with van der Waals surface area (Å²) in [5, 5.41) is 0. The van der Waals surface area contributed by atoms with Gasteiger partial charge in [-0.1, -0.05) is 0 Å². The zero-order chi connectivity index (χ0) is 18.0. The molecule has 3 heterocycles. The Kier molecular flexibility index (Phi) is 5.32. The van der Waals surface area contributed by atoms with Gasteiger partial charge in [0, 0.05) is 46.2 Å². The molecule has 1 amide bonds. The standard InChI is InChI=1S/C20H31N3O3/c1-22-13-18(21-15-22)19(24)23-8-6-20(7-9-23)12-16(5-11-26-20)4-10-25-14-17-2-3-17/h13,15-17H,2-12,14H2,1H3. The number of hydrogen-bond acceptors (Lipinski definition) is 4. The predicted molar refractivity (Wildman–Crippen MR) is 97.9 cm³/mol. The molecule has 0 N–H and O–H groups in total. The molecule has 1 atom stereocenters.